The Kier molecular flexibility index (Phi) is 6.86. The van der Waals surface area contributed by atoms with E-state index in [0.29, 0.717) is 6.42 Å². The first-order chi connectivity index (χ1) is 7.43. The summed E-state index contributed by atoms with van der Waals surface area (Å²) < 4.78 is 0. The van der Waals surface area contributed by atoms with Gasteiger partial charge in [-0.05, 0) is 12.8 Å². The first kappa shape index (κ1) is 14.4. The van der Waals surface area contributed by atoms with Gasteiger partial charge in [0.1, 0.15) is 0 Å². The molecule has 0 aliphatic heterocycles. The molecule has 0 heterocycles. The smallest absolute Gasteiger partial charge is 0.303 e. The molecule has 0 unspecified atom stereocenters. The Labute approximate surface area is 92.6 Å². The number of nitrogens with one attached hydrogen (secondary N) is 1. The van der Waals surface area contributed by atoms with Crippen LogP contribution in [0.3, 0.4) is 0 Å². The van der Waals surface area contributed by atoms with Crippen LogP contribution in [0.2, 0.25) is 0 Å². The number of carbonyl (C=O) groups excluding carboxylic acids is 1. The zero-order valence-electron chi connectivity index (χ0n) is 8.81. The van der Waals surface area contributed by atoms with Crippen molar-refractivity contribution in [2.75, 3.05) is 6.54 Å². The van der Waals surface area contributed by atoms with E-state index in [1.165, 1.54) is 0 Å². The number of aliphatic carboxylic acids is 2. The number of rotatable bonds is 8. The summed E-state index contributed by atoms with van der Waals surface area (Å²) in [6.07, 6.45) is 0.210. The normalized spacial score (nSPS) is 11.8. The lowest BCUT2D eigenvalue weighted by atomic mass is 10.1. The zero-order chi connectivity index (χ0) is 12.6. The largest absolute Gasteiger partial charge is 0.481 e. The van der Waals surface area contributed by atoms with Crippen molar-refractivity contribution >= 4 is 17.8 Å². The molecule has 7 heteroatoms. The van der Waals surface area contributed by atoms with Crippen molar-refractivity contribution in [1.29, 1.82) is 0 Å². The highest BCUT2D eigenvalue weighted by atomic mass is 16.4. The molecule has 16 heavy (non-hydrogen) atoms. The van der Waals surface area contributed by atoms with Gasteiger partial charge in [0.15, 0.2) is 0 Å². The van der Waals surface area contributed by atoms with Crippen molar-refractivity contribution in [2.24, 2.45) is 5.73 Å². The van der Waals surface area contributed by atoms with E-state index in [-0.39, 0.29) is 25.8 Å². The third-order valence-electron chi connectivity index (χ3n) is 1.87. The monoisotopic (exact) mass is 232 g/mol. The number of nitrogens with two attached hydrogens (primary N) is 1. The van der Waals surface area contributed by atoms with Crippen LogP contribution in [0.1, 0.15) is 25.7 Å². The van der Waals surface area contributed by atoms with E-state index in [9.17, 15) is 14.4 Å². The Morgan fingerprint density at radius 1 is 1.12 bits per heavy atom. The molecule has 0 bridgehead atoms. The van der Waals surface area contributed by atoms with Crippen molar-refractivity contribution in [3.63, 3.8) is 0 Å². The summed E-state index contributed by atoms with van der Waals surface area (Å²) in [5.41, 5.74) is 5.42. The molecule has 0 aromatic heterocycles. The van der Waals surface area contributed by atoms with Crippen LogP contribution < -0.4 is 11.1 Å². The van der Waals surface area contributed by atoms with Gasteiger partial charge in [-0.25, -0.2) is 0 Å². The quantitative estimate of drug-likeness (QED) is 0.404. The summed E-state index contributed by atoms with van der Waals surface area (Å²) in [4.78, 5) is 31.6. The number of hydrogen-bond acceptors (Lipinski definition) is 4. The summed E-state index contributed by atoms with van der Waals surface area (Å²) in [5.74, 6) is -2.38. The van der Waals surface area contributed by atoms with Crippen LogP contribution in [-0.2, 0) is 14.4 Å². The van der Waals surface area contributed by atoms with Gasteiger partial charge in [0.25, 0.3) is 0 Å². The minimum Gasteiger partial charge on any atom is -0.481 e. The molecule has 0 rings (SSSR count). The third-order valence-corrected chi connectivity index (χ3v) is 1.87. The second-order valence-electron chi connectivity index (χ2n) is 3.33. The van der Waals surface area contributed by atoms with Crippen LogP contribution in [-0.4, -0.2) is 40.6 Å². The lowest BCUT2D eigenvalue weighted by molar-refractivity contribution is -0.138. The minimum atomic E-state index is -1.01. The first-order valence-electron chi connectivity index (χ1n) is 4.90. The predicted octanol–water partition coefficient (Wildman–Crippen LogP) is -0.840. The Morgan fingerprint density at radius 3 is 2.19 bits per heavy atom. The van der Waals surface area contributed by atoms with Crippen molar-refractivity contribution in [3.8, 4) is 0 Å². The minimum absolute atomic E-state index is 0.0232. The van der Waals surface area contributed by atoms with Gasteiger partial charge in [-0.15, -0.1) is 0 Å². The lowest BCUT2D eigenvalue weighted by Crippen LogP contribution is -2.41. The fourth-order valence-electron chi connectivity index (χ4n) is 0.992. The van der Waals surface area contributed by atoms with Gasteiger partial charge >= 0.3 is 11.9 Å². The molecule has 7 nitrogen and oxygen atoms in total. The molecule has 0 spiro atoms. The number of amides is 1. The molecule has 0 radical (unpaired) electrons. The number of carbonyl (C=O) groups is 3. The average Bonchev–Trinajstić information content (AvgIpc) is 2.20. The van der Waals surface area contributed by atoms with Gasteiger partial charge < -0.3 is 21.3 Å². The topological polar surface area (TPSA) is 130 Å². The number of carboxylic acids is 2. The molecule has 5 N–H and O–H groups in total. The SMILES string of the molecule is N[C@@H](CCC(=O)O)C(=O)NCCCC(=O)O. The summed E-state index contributed by atoms with van der Waals surface area (Å²) in [5, 5.41) is 19.1. The zero-order valence-corrected chi connectivity index (χ0v) is 8.81. The molecule has 0 aromatic carbocycles. The Bertz CT molecular complexity index is 267. The van der Waals surface area contributed by atoms with Crippen molar-refractivity contribution in [3.05, 3.63) is 0 Å². The number of hydrogen-bond donors (Lipinski definition) is 4. The molecule has 0 saturated heterocycles. The van der Waals surface area contributed by atoms with Gasteiger partial charge in [-0.3, -0.25) is 14.4 Å². The van der Waals surface area contributed by atoms with E-state index in [1.807, 2.05) is 0 Å². The van der Waals surface area contributed by atoms with Crippen LogP contribution >= 0.6 is 0 Å². The van der Waals surface area contributed by atoms with E-state index in [4.69, 9.17) is 15.9 Å². The Hall–Kier alpha value is -1.63. The van der Waals surface area contributed by atoms with Crippen molar-refractivity contribution in [2.45, 2.75) is 31.7 Å². The molecule has 1 atom stereocenters. The summed E-state index contributed by atoms with van der Waals surface area (Å²) in [6.45, 7) is 0.228. The molecule has 0 aliphatic rings. The molecular formula is C9H16N2O5. The Balaban J connectivity index is 3.62. The summed E-state index contributed by atoms with van der Waals surface area (Å²) >= 11 is 0. The molecule has 0 fully saturated rings. The van der Waals surface area contributed by atoms with E-state index in [1.54, 1.807) is 0 Å². The average molecular weight is 232 g/mol. The van der Waals surface area contributed by atoms with Gasteiger partial charge in [-0.2, -0.15) is 0 Å². The number of carboxylic acid groups (broad SMARTS) is 2. The van der Waals surface area contributed by atoms with Crippen molar-refractivity contribution < 1.29 is 24.6 Å². The maximum atomic E-state index is 11.2. The highest BCUT2D eigenvalue weighted by Crippen LogP contribution is 1.95. The highest BCUT2D eigenvalue weighted by molar-refractivity contribution is 5.82. The maximum absolute atomic E-state index is 11.2. The van der Waals surface area contributed by atoms with E-state index >= 15 is 0 Å². The molecule has 0 saturated carbocycles. The molecule has 0 aliphatic carbocycles. The molecule has 92 valence electrons. The van der Waals surface area contributed by atoms with Gasteiger partial charge in [0, 0.05) is 19.4 Å². The molecule has 1 amide bonds. The van der Waals surface area contributed by atoms with Crippen LogP contribution in [0.15, 0.2) is 0 Å². The summed E-state index contributed by atoms with van der Waals surface area (Å²) in [6, 6.07) is -0.860. The fraction of sp³-hybridized carbons (Fsp3) is 0.667. The fourth-order valence-corrected chi connectivity index (χ4v) is 0.992. The van der Waals surface area contributed by atoms with Gasteiger partial charge in [0.05, 0.1) is 6.04 Å². The maximum Gasteiger partial charge on any atom is 0.303 e. The third kappa shape index (κ3) is 7.74. The lowest BCUT2D eigenvalue weighted by Gasteiger charge is -2.10. The predicted molar refractivity (Wildman–Crippen MR) is 54.7 cm³/mol. The highest BCUT2D eigenvalue weighted by Gasteiger charge is 2.14. The van der Waals surface area contributed by atoms with E-state index in [2.05, 4.69) is 5.32 Å². The first-order valence-corrected chi connectivity index (χ1v) is 4.90. The van der Waals surface area contributed by atoms with Crippen LogP contribution in [0.25, 0.3) is 0 Å². The van der Waals surface area contributed by atoms with Crippen LogP contribution in [0.5, 0.6) is 0 Å². The second kappa shape index (κ2) is 7.63. The van der Waals surface area contributed by atoms with Crippen molar-refractivity contribution in [1.82, 2.24) is 5.32 Å². The van der Waals surface area contributed by atoms with Gasteiger partial charge in [-0.1, -0.05) is 0 Å². The van der Waals surface area contributed by atoms with E-state index < -0.39 is 23.9 Å². The summed E-state index contributed by atoms with van der Waals surface area (Å²) in [7, 11) is 0. The van der Waals surface area contributed by atoms with Gasteiger partial charge in [0.2, 0.25) is 5.91 Å². The van der Waals surface area contributed by atoms with Crippen LogP contribution in [0, 0.1) is 0 Å². The standard InChI is InChI=1S/C9H16N2O5/c10-6(3-4-8(14)15)9(16)11-5-1-2-7(12)13/h6H,1-5,10H2,(H,11,16)(H,12,13)(H,14,15)/t6-/m0/s1. The Morgan fingerprint density at radius 2 is 1.69 bits per heavy atom. The second-order valence-corrected chi connectivity index (χ2v) is 3.33. The molecule has 0 aromatic rings. The van der Waals surface area contributed by atoms with Crippen LogP contribution in [0.4, 0.5) is 0 Å². The van der Waals surface area contributed by atoms with E-state index in [0.717, 1.165) is 0 Å². The molecular weight excluding hydrogens is 216 g/mol.